The minimum Gasteiger partial charge on any atom is -0.371 e. The Morgan fingerprint density at radius 2 is 1.89 bits per heavy atom. The summed E-state index contributed by atoms with van der Waals surface area (Å²) in [6.07, 6.45) is -2.30. The number of rotatable bonds is 2. The smallest absolute Gasteiger partial charge is 0.371 e. The lowest BCUT2D eigenvalue weighted by atomic mass is 9.97. The first-order chi connectivity index (χ1) is 8.93. The zero-order valence-electron chi connectivity index (χ0n) is 10.7. The molecule has 2 rings (SSSR count). The van der Waals surface area contributed by atoms with Crippen molar-refractivity contribution in [2.75, 3.05) is 18.0 Å². The van der Waals surface area contributed by atoms with E-state index >= 15 is 0 Å². The molecule has 0 aliphatic carbocycles. The van der Waals surface area contributed by atoms with Gasteiger partial charge >= 0.3 is 6.18 Å². The van der Waals surface area contributed by atoms with Crippen molar-refractivity contribution in [2.45, 2.75) is 25.9 Å². The maximum absolute atomic E-state index is 12.9. The van der Waals surface area contributed by atoms with Crippen LogP contribution in [0.5, 0.6) is 0 Å². The maximum Gasteiger partial charge on any atom is 0.417 e. The van der Waals surface area contributed by atoms with E-state index < -0.39 is 11.7 Å². The lowest BCUT2D eigenvalue weighted by molar-refractivity contribution is -0.137. The minimum atomic E-state index is -4.49. The SMILES string of the molecule is CC1CCN(c2cccc(C(F)(F)F)c2C=O)CC1. The highest BCUT2D eigenvalue weighted by atomic mass is 19.4. The Morgan fingerprint density at radius 3 is 2.42 bits per heavy atom. The summed E-state index contributed by atoms with van der Waals surface area (Å²) in [5.74, 6) is 0.585. The Labute approximate surface area is 110 Å². The normalized spacial score (nSPS) is 17.6. The van der Waals surface area contributed by atoms with Gasteiger partial charge in [-0.1, -0.05) is 13.0 Å². The average molecular weight is 271 g/mol. The van der Waals surface area contributed by atoms with Crippen LogP contribution >= 0.6 is 0 Å². The molecular formula is C14H16F3NO. The number of aldehydes is 1. The lowest BCUT2D eigenvalue weighted by Gasteiger charge is -2.33. The monoisotopic (exact) mass is 271 g/mol. The molecule has 1 aromatic carbocycles. The Hall–Kier alpha value is -1.52. The molecular weight excluding hydrogens is 255 g/mol. The van der Waals surface area contributed by atoms with Crippen molar-refractivity contribution in [3.05, 3.63) is 29.3 Å². The number of hydrogen-bond donors (Lipinski definition) is 0. The summed E-state index contributed by atoms with van der Waals surface area (Å²) in [6, 6.07) is 3.91. The van der Waals surface area contributed by atoms with Crippen LogP contribution in [-0.2, 0) is 6.18 Å². The first kappa shape index (κ1) is 13.9. The molecule has 0 unspecified atom stereocenters. The number of halogens is 3. The first-order valence-electron chi connectivity index (χ1n) is 6.34. The number of nitrogens with zero attached hydrogens (tertiary/aromatic N) is 1. The number of hydrogen-bond acceptors (Lipinski definition) is 2. The summed E-state index contributed by atoms with van der Waals surface area (Å²) in [5, 5.41) is 0. The molecule has 2 nitrogen and oxygen atoms in total. The number of carbonyl (C=O) groups excluding carboxylic acids is 1. The molecule has 1 heterocycles. The van der Waals surface area contributed by atoms with Gasteiger partial charge in [0.15, 0.2) is 6.29 Å². The van der Waals surface area contributed by atoms with Crippen LogP contribution in [0.2, 0.25) is 0 Å². The van der Waals surface area contributed by atoms with E-state index in [1.54, 1.807) is 6.07 Å². The summed E-state index contributed by atoms with van der Waals surface area (Å²) < 4.78 is 38.6. The van der Waals surface area contributed by atoms with Crippen LogP contribution in [-0.4, -0.2) is 19.4 Å². The minimum absolute atomic E-state index is 0.246. The van der Waals surface area contributed by atoms with Gasteiger partial charge in [-0.2, -0.15) is 13.2 Å². The highest BCUT2D eigenvalue weighted by Gasteiger charge is 2.35. The van der Waals surface area contributed by atoms with E-state index in [1.165, 1.54) is 6.07 Å². The molecule has 0 spiro atoms. The van der Waals surface area contributed by atoms with Crippen molar-refractivity contribution in [1.29, 1.82) is 0 Å². The second kappa shape index (κ2) is 5.23. The fraction of sp³-hybridized carbons (Fsp3) is 0.500. The van der Waals surface area contributed by atoms with Crippen LogP contribution < -0.4 is 4.90 Å². The van der Waals surface area contributed by atoms with Crippen LogP contribution in [0.15, 0.2) is 18.2 Å². The van der Waals surface area contributed by atoms with Gasteiger partial charge in [-0.3, -0.25) is 4.79 Å². The third kappa shape index (κ3) is 2.91. The van der Waals surface area contributed by atoms with Gasteiger partial charge in [-0.05, 0) is 30.9 Å². The molecule has 104 valence electrons. The summed E-state index contributed by atoms with van der Waals surface area (Å²) in [4.78, 5) is 12.9. The molecule has 1 saturated heterocycles. The summed E-state index contributed by atoms with van der Waals surface area (Å²) in [7, 11) is 0. The van der Waals surface area contributed by atoms with Crippen molar-refractivity contribution >= 4 is 12.0 Å². The Morgan fingerprint density at radius 1 is 1.26 bits per heavy atom. The van der Waals surface area contributed by atoms with Gasteiger partial charge in [0.2, 0.25) is 0 Å². The topological polar surface area (TPSA) is 20.3 Å². The zero-order chi connectivity index (χ0) is 14.0. The first-order valence-corrected chi connectivity index (χ1v) is 6.34. The average Bonchev–Trinajstić information content (AvgIpc) is 2.37. The highest BCUT2D eigenvalue weighted by molar-refractivity contribution is 5.87. The van der Waals surface area contributed by atoms with Gasteiger partial charge in [0, 0.05) is 24.3 Å². The largest absolute Gasteiger partial charge is 0.417 e. The van der Waals surface area contributed by atoms with Crippen molar-refractivity contribution in [1.82, 2.24) is 0 Å². The molecule has 0 bridgehead atoms. The van der Waals surface area contributed by atoms with E-state index in [0.717, 1.165) is 18.9 Å². The number of alkyl halides is 3. The van der Waals surface area contributed by atoms with E-state index in [9.17, 15) is 18.0 Å². The molecule has 1 aliphatic rings. The van der Waals surface area contributed by atoms with Crippen molar-refractivity contribution in [2.24, 2.45) is 5.92 Å². The zero-order valence-corrected chi connectivity index (χ0v) is 10.7. The third-order valence-corrected chi connectivity index (χ3v) is 3.63. The second-order valence-corrected chi connectivity index (χ2v) is 5.02. The molecule has 0 radical (unpaired) electrons. The molecule has 0 N–H and O–H groups in total. The molecule has 0 aromatic heterocycles. The molecule has 1 aliphatic heterocycles. The van der Waals surface area contributed by atoms with E-state index in [0.29, 0.717) is 31.0 Å². The number of benzene rings is 1. The van der Waals surface area contributed by atoms with Crippen molar-refractivity contribution < 1.29 is 18.0 Å². The maximum atomic E-state index is 12.9. The standard InChI is InChI=1S/C14H16F3NO/c1-10-5-7-18(8-6-10)13-4-2-3-12(11(13)9-19)14(15,16)17/h2-4,9-10H,5-8H2,1H3. The number of carbonyl (C=O) groups is 1. The van der Waals surface area contributed by atoms with Gasteiger partial charge in [-0.25, -0.2) is 0 Å². The van der Waals surface area contributed by atoms with Crippen LogP contribution in [0, 0.1) is 5.92 Å². The van der Waals surface area contributed by atoms with E-state index in [-0.39, 0.29) is 5.56 Å². The third-order valence-electron chi connectivity index (χ3n) is 3.63. The summed E-state index contributed by atoms with van der Waals surface area (Å²) in [5.41, 5.74) is -0.695. The lowest BCUT2D eigenvalue weighted by Crippen LogP contribution is -2.33. The van der Waals surface area contributed by atoms with Gasteiger partial charge in [0.1, 0.15) is 0 Å². The van der Waals surface area contributed by atoms with E-state index in [2.05, 4.69) is 6.92 Å². The van der Waals surface area contributed by atoms with Gasteiger partial charge in [0.05, 0.1) is 5.56 Å². The predicted octanol–water partition coefficient (Wildman–Crippen LogP) is 3.75. The molecule has 0 amide bonds. The van der Waals surface area contributed by atoms with Crippen LogP contribution in [0.4, 0.5) is 18.9 Å². The summed E-state index contributed by atoms with van der Waals surface area (Å²) >= 11 is 0. The number of piperidine rings is 1. The second-order valence-electron chi connectivity index (χ2n) is 5.02. The van der Waals surface area contributed by atoms with Crippen molar-refractivity contribution in [3.8, 4) is 0 Å². The van der Waals surface area contributed by atoms with E-state index in [1.807, 2.05) is 4.90 Å². The quantitative estimate of drug-likeness (QED) is 0.763. The fourth-order valence-corrected chi connectivity index (χ4v) is 2.45. The molecule has 5 heteroatoms. The highest BCUT2D eigenvalue weighted by Crippen LogP contribution is 2.36. The number of anilines is 1. The Kier molecular flexibility index (Phi) is 3.83. The molecule has 19 heavy (non-hydrogen) atoms. The van der Waals surface area contributed by atoms with Crippen LogP contribution in [0.1, 0.15) is 35.7 Å². The molecule has 1 fully saturated rings. The fourth-order valence-electron chi connectivity index (χ4n) is 2.45. The van der Waals surface area contributed by atoms with Gasteiger partial charge in [0.25, 0.3) is 0 Å². The summed E-state index contributed by atoms with van der Waals surface area (Å²) in [6.45, 7) is 3.52. The molecule has 0 saturated carbocycles. The van der Waals surface area contributed by atoms with Crippen LogP contribution in [0.3, 0.4) is 0 Å². The predicted molar refractivity (Wildman–Crippen MR) is 67.4 cm³/mol. The van der Waals surface area contributed by atoms with Gasteiger partial charge in [-0.15, -0.1) is 0 Å². The Bertz CT molecular complexity index is 462. The van der Waals surface area contributed by atoms with Crippen molar-refractivity contribution in [3.63, 3.8) is 0 Å². The van der Waals surface area contributed by atoms with E-state index in [4.69, 9.17) is 0 Å². The molecule has 0 atom stereocenters. The molecule has 1 aromatic rings. The van der Waals surface area contributed by atoms with Crippen LogP contribution in [0.25, 0.3) is 0 Å². The van der Waals surface area contributed by atoms with Gasteiger partial charge < -0.3 is 4.90 Å². The Balaban J connectivity index is 2.38.